The Kier molecular flexibility index (Phi) is 5.40. The number of carbonyl (C=O) groups is 1. The molecule has 132 valence electrons. The lowest BCUT2D eigenvalue weighted by molar-refractivity contribution is -0.113. The van der Waals surface area contributed by atoms with E-state index in [1.807, 2.05) is 31.2 Å². The predicted molar refractivity (Wildman–Crippen MR) is 110 cm³/mol. The van der Waals surface area contributed by atoms with Crippen molar-refractivity contribution >= 4 is 46.6 Å². The lowest BCUT2D eigenvalue weighted by Gasteiger charge is -2.16. The SMILES string of the molecule is C=CCOc1ccc(/C=C2/NC(=S)N(c3ccc(Cl)cc3C)C2=O)cc1. The maximum Gasteiger partial charge on any atom is 0.281 e. The van der Waals surface area contributed by atoms with Crippen LogP contribution in [0.25, 0.3) is 6.08 Å². The van der Waals surface area contributed by atoms with E-state index in [1.54, 1.807) is 30.4 Å². The molecule has 3 rings (SSSR count). The molecule has 1 saturated heterocycles. The Labute approximate surface area is 162 Å². The van der Waals surface area contributed by atoms with Gasteiger partial charge in [0.25, 0.3) is 5.91 Å². The first kappa shape index (κ1) is 18.2. The quantitative estimate of drug-likeness (QED) is 0.469. The van der Waals surface area contributed by atoms with E-state index in [9.17, 15) is 4.79 Å². The van der Waals surface area contributed by atoms with Gasteiger partial charge in [-0.1, -0.05) is 36.4 Å². The molecule has 1 N–H and O–H groups in total. The highest BCUT2D eigenvalue weighted by Gasteiger charge is 2.32. The molecule has 0 unspecified atom stereocenters. The average Bonchev–Trinajstić information content (AvgIpc) is 2.88. The van der Waals surface area contributed by atoms with Crippen LogP contribution in [-0.4, -0.2) is 17.6 Å². The monoisotopic (exact) mass is 384 g/mol. The largest absolute Gasteiger partial charge is 0.490 e. The summed E-state index contributed by atoms with van der Waals surface area (Å²) in [4.78, 5) is 14.3. The van der Waals surface area contributed by atoms with Gasteiger partial charge in [0.2, 0.25) is 0 Å². The first-order valence-electron chi connectivity index (χ1n) is 7.96. The van der Waals surface area contributed by atoms with Crippen LogP contribution in [0.4, 0.5) is 5.69 Å². The van der Waals surface area contributed by atoms with Gasteiger partial charge in [0, 0.05) is 5.02 Å². The molecule has 6 heteroatoms. The summed E-state index contributed by atoms with van der Waals surface area (Å²) >= 11 is 11.3. The van der Waals surface area contributed by atoms with E-state index in [1.165, 1.54) is 4.90 Å². The highest BCUT2D eigenvalue weighted by Crippen LogP contribution is 2.28. The van der Waals surface area contributed by atoms with Gasteiger partial charge in [0.15, 0.2) is 5.11 Å². The van der Waals surface area contributed by atoms with Crippen molar-refractivity contribution in [3.05, 3.63) is 77.0 Å². The number of thiocarbonyl (C=S) groups is 1. The molecular formula is C20H17ClN2O2S. The Morgan fingerprint density at radius 2 is 2.00 bits per heavy atom. The summed E-state index contributed by atoms with van der Waals surface area (Å²) in [6, 6.07) is 12.8. The van der Waals surface area contributed by atoms with Crippen LogP contribution in [0.5, 0.6) is 5.75 Å². The van der Waals surface area contributed by atoms with Crippen molar-refractivity contribution in [3.63, 3.8) is 0 Å². The number of anilines is 1. The Hall–Kier alpha value is -2.63. The standard InChI is InChI=1S/C20H17ClN2O2S/c1-3-10-25-16-7-4-14(5-8-16)12-17-19(24)23(20(26)22-17)18-9-6-15(21)11-13(18)2/h3-9,11-12H,1,10H2,2H3,(H,22,26)/b17-12+. The third-order valence-electron chi connectivity index (χ3n) is 3.84. The van der Waals surface area contributed by atoms with Crippen LogP contribution >= 0.6 is 23.8 Å². The molecule has 1 aliphatic rings. The summed E-state index contributed by atoms with van der Waals surface area (Å²) in [5.74, 6) is 0.541. The average molecular weight is 385 g/mol. The van der Waals surface area contributed by atoms with Crippen LogP contribution in [0.2, 0.25) is 5.02 Å². The van der Waals surface area contributed by atoms with Gasteiger partial charge in [-0.05, 0) is 66.7 Å². The van der Waals surface area contributed by atoms with Gasteiger partial charge in [-0.2, -0.15) is 0 Å². The molecule has 1 amide bonds. The molecule has 2 aromatic carbocycles. The number of nitrogens with one attached hydrogen (secondary N) is 1. The van der Waals surface area contributed by atoms with E-state index in [4.69, 9.17) is 28.6 Å². The first-order valence-corrected chi connectivity index (χ1v) is 8.75. The molecule has 1 heterocycles. The smallest absolute Gasteiger partial charge is 0.281 e. The van der Waals surface area contributed by atoms with Gasteiger partial charge in [-0.15, -0.1) is 0 Å². The maximum absolute atomic E-state index is 12.8. The molecule has 0 aromatic heterocycles. The minimum atomic E-state index is -0.201. The molecule has 2 aromatic rings. The fourth-order valence-electron chi connectivity index (χ4n) is 2.61. The fourth-order valence-corrected chi connectivity index (χ4v) is 3.12. The normalized spacial score (nSPS) is 15.3. The summed E-state index contributed by atoms with van der Waals surface area (Å²) < 4.78 is 5.45. The molecule has 0 atom stereocenters. The zero-order valence-corrected chi connectivity index (χ0v) is 15.7. The van der Waals surface area contributed by atoms with Crippen LogP contribution < -0.4 is 15.0 Å². The summed E-state index contributed by atoms with van der Waals surface area (Å²) in [7, 11) is 0. The molecule has 0 spiro atoms. The predicted octanol–water partition coefficient (Wildman–Crippen LogP) is 4.48. The van der Waals surface area contributed by atoms with Gasteiger partial charge < -0.3 is 10.1 Å². The summed E-state index contributed by atoms with van der Waals surface area (Å²) in [6.45, 7) is 5.95. The number of carbonyl (C=O) groups excluding carboxylic acids is 1. The topological polar surface area (TPSA) is 41.6 Å². The van der Waals surface area contributed by atoms with Gasteiger partial charge in [0.1, 0.15) is 18.1 Å². The van der Waals surface area contributed by atoms with Crippen LogP contribution in [0, 0.1) is 6.92 Å². The number of hydrogen-bond acceptors (Lipinski definition) is 3. The maximum atomic E-state index is 12.8. The van der Waals surface area contributed by atoms with Crippen LogP contribution in [-0.2, 0) is 4.79 Å². The van der Waals surface area contributed by atoms with E-state index >= 15 is 0 Å². The third kappa shape index (κ3) is 3.79. The van der Waals surface area contributed by atoms with Crippen LogP contribution in [0.3, 0.4) is 0 Å². The Morgan fingerprint density at radius 3 is 2.65 bits per heavy atom. The molecule has 0 radical (unpaired) electrons. The minimum Gasteiger partial charge on any atom is -0.490 e. The molecule has 4 nitrogen and oxygen atoms in total. The van der Waals surface area contributed by atoms with E-state index in [-0.39, 0.29) is 5.91 Å². The Balaban J connectivity index is 1.84. The molecular weight excluding hydrogens is 368 g/mol. The first-order chi connectivity index (χ1) is 12.5. The van der Waals surface area contributed by atoms with Gasteiger partial charge in [-0.25, -0.2) is 0 Å². The molecule has 0 bridgehead atoms. The van der Waals surface area contributed by atoms with Gasteiger partial charge in [0.05, 0.1) is 5.69 Å². The number of benzene rings is 2. The second kappa shape index (κ2) is 7.72. The van der Waals surface area contributed by atoms with Crippen molar-refractivity contribution in [1.29, 1.82) is 0 Å². The molecule has 1 aliphatic heterocycles. The Bertz CT molecular complexity index is 907. The third-order valence-corrected chi connectivity index (χ3v) is 4.36. The number of ether oxygens (including phenoxy) is 1. The van der Waals surface area contributed by atoms with Gasteiger partial charge >= 0.3 is 0 Å². The van der Waals surface area contributed by atoms with Crippen LogP contribution in [0.1, 0.15) is 11.1 Å². The number of amides is 1. The molecule has 0 aliphatic carbocycles. The van der Waals surface area contributed by atoms with E-state index in [0.29, 0.717) is 28.1 Å². The lowest BCUT2D eigenvalue weighted by Crippen LogP contribution is -2.30. The Morgan fingerprint density at radius 1 is 1.27 bits per heavy atom. The zero-order chi connectivity index (χ0) is 18.7. The van der Waals surface area contributed by atoms with Crippen molar-refractivity contribution in [2.45, 2.75) is 6.92 Å². The number of aryl methyl sites for hydroxylation is 1. The summed E-state index contributed by atoms with van der Waals surface area (Å²) in [5, 5.41) is 3.94. The molecule has 0 saturated carbocycles. The number of rotatable bonds is 5. The zero-order valence-electron chi connectivity index (χ0n) is 14.2. The number of halogens is 1. The van der Waals surface area contributed by atoms with Crippen molar-refractivity contribution in [2.75, 3.05) is 11.5 Å². The summed E-state index contributed by atoms with van der Waals surface area (Å²) in [5.41, 5.74) is 2.88. The molecule has 1 fully saturated rings. The van der Waals surface area contributed by atoms with E-state index in [0.717, 1.165) is 16.9 Å². The van der Waals surface area contributed by atoms with Crippen molar-refractivity contribution in [2.24, 2.45) is 0 Å². The van der Waals surface area contributed by atoms with E-state index in [2.05, 4.69) is 11.9 Å². The van der Waals surface area contributed by atoms with Crippen molar-refractivity contribution < 1.29 is 9.53 Å². The second-order valence-corrected chi connectivity index (χ2v) is 6.55. The van der Waals surface area contributed by atoms with Crippen molar-refractivity contribution in [1.82, 2.24) is 5.32 Å². The highest BCUT2D eigenvalue weighted by molar-refractivity contribution is 7.80. The fraction of sp³-hybridized carbons (Fsp3) is 0.100. The lowest BCUT2D eigenvalue weighted by atomic mass is 10.1. The minimum absolute atomic E-state index is 0.201. The number of hydrogen-bond donors (Lipinski definition) is 1. The van der Waals surface area contributed by atoms with E-state index < -0.39 is 0 Å². The van der Waals surface area contributed by atoms with Crippen LogP contribution in [0.15, 0.2) is 60.8 Å². The van der Waals surface area contributed by atoms with Gasteiger partial charge in [-0.3, -0.25) is 9.69 Å². The second-order valence-electron chi connectivity index (χ2n) is 5.73. The molecule has 26 heavy (non-hydrogen) atoms. The summed E-state index contributed by atoms with van der Waals surface area (Å²) in [6.07, 6.45) is 3.45. The van der Waals surface area contributed by atoms with Crippen molar-refractivity contribution in [3.8, 4) is 5.75 Å². The number of nitrogens with zero attached hydrogens (tertiary/aromatic N) is 1. The highest BCUT2D eigenvalue weighted by atomic mass is 35.5.